The highest BCUT2D eigenvalue weighted by Crippen LogP contribution is 2.38. The molecule has 422 valence electrons. The monoisotopic (exact) mass is 1100 g/mol. The van der Waals surface area contributed by atoms with Crippen molar-refractivity contribution in [3.8, 4) is 34.1 Å². The van der Waals surface area contributed by atoms with Gasteiger partial charge in [0.05, 0.1) is 35.3 Å². The zero-order valence-electron chi connectivity index (χ0n) is 49.1. The van der Waals surface area contributed by atoms with E-state index in [1.165, 1.54) is 69.8 Å². The van der Waals surface area contributed by atoms with Gasteiger partial charge in [0.2, 0.25) is 0 Å². The Labute approximate surface area is 469 Å². The van der Waals surface area contributed by atoms with Crippen LogP contribution in [0.5, 0.6) is 11.5 Å². The SMILES string of the molecule is CCCCCCCCCCCCCCC(C(=O)c1cnc(N2CCN(C)CC2)cn1)N1Cc2nc(-c3nn(COCC[Si](C)(C)C)c4cc(-c5ccc(Oc6ccccc6)cc5CC)ccc34)n(COCC[Si](C)(C)C)c2C1. The van der Waals surface area contributed by atoms with Crippen molar-refractivity contribution in [3.05, 3.63) is 102 Å². The number of rotatable bonds is 32. The van der Waals surface area contributed by atoms with Crippen LogP contribution < -0.4 is 9.64 Å². The molecule has 0 amide bonds. The lowest BCUT2D eigenvalue weighted by atomic mass is 9.96. The maximum absolute atomic E-state index is 14.9. The number of fused-ring (bicyclic) bond motifs is 2. The molecule has 5 heterocycles. The molecule has 1 atom stereocenters. The van der Waals surface area contributed by atoms with Crippen molar-refractivity contribution in [1.29, 1.82) is 0 Å². The molecule has 0 aliphatic carbocycles. The van der Waals surface area contributed by atoms with Gasteiger partial charge in [-0.1, -0.05) is 161 Å². The van der Waals surface area contributed by atoms with E-state index in [1.807, 2.05) is 41.2 Å². The van der Waals surface area contributed by atoms with Crippen LogP contribution in [-0.4, -0.2) is 114 Å². The van der Waals surface area contributed by atoms with Crippen LogP contribution in [0.1, 0.15) is 125 Å². The molecule has 8 rings (SSSR count). The largest absolute Gasteiger partial charge is 0.457 e. The van der Waals surface area contributed by atoms with Crippen molar-refractivity contribution >= 4 is 38.7 Å². The number of Topliss-reactive ketones (excluding diaryl/α,β-unsaturated/α-hetero) is 1. The quantitative estimate of drug-likeness (QED) is 0.0228. The number of aryl methyl sites for hydroxylation is 1. The van der Waals surface area contributed by atoms with Gasteiger partial charge in [0.25, 0.3) is 0 Å². The van der Waals surface area contributed by atoms with Gasteiger partial charge in [-0.05, 0) is 85.1 Å². The van der Waals surface area contributed by atoms with E-state index in [2.05, 4.69) is 116 Å². The summed E-state index contributed by atoms with van der Waals surface area (Å²) in [5, 5.41) is 6.41. The highest BCUT2D eigenvalue weighted by Gasteiger charge is 2.37. The van der Waals surface area contributed by atoms with Crippen LogP contribution in [0.2, 0.25) is 51.4 Å². The first-order chi connectivity index (χ1) is 37.7. The van der Waals surface area contributed by atoms with Crippen molar-refractivity contribution < 1.29 is 19.0 Å². The molecule has 0 saturated carbocycles. The van der Waals surface area contributed by atoms with E-state index in [0.29, 0.717) is 45.5 Å². The number of ketones is 1. The van der Waals surface area contributed by atoms with E-state index >= 15 is 0 Å². The highest BCUT2D eigenvalue weighted by atomic mass is 28.3. The summed E-state index contributed by atoms with van der Waals surface area (Å²) in [6, 6.07) is 24.8. The maximum Gasteiger partial charge on any atom is 0.199 e. The number of likely N-dealkylation sites (N-methyl/N-ethyl adjacent to an activating group) is 1. The van der Waals surface area contributed by atoms with Crippen LogP contribution >= 0.6 is 0 Å². The van der Waals surface area contributed by atoms with E-state index in [1.54, 1.807) is 6.20 Å². The third-order valence-corrected chi connectivity index (χ3v) is 19.2. The predicted molar refractivity (Wildman–Crippen MR) is 325 cm³/mol. The number of para-hydroxylation sites is 1. The molecule has 6 aromatic rings. The lowest BCUT2D eigenvalue weighted by molar-refractivity contribution is 0.0756. The first-order valence-corrected chi connectivity index (χ1v) is 37.2. The van der Waals surface area contributed by atoms with E-state index < -0.39 is 16.1 Å². The number of hydrogen-bond donors (Lipinski definition) is 0. The first kappa shape index (κ1) is 59.1. The van der Waals surface area contributed by atoms with Crippen molar-refractivity contribution in [3.63, 3.8) is 0 Å². The minimum Gasteiger partial charge on any atom is -0.457 e. The van der Waals surface area contributed by atoms with Crippen molar-refractivity contribution in [2.45, 2.75) is 188 Å². The van der Waals surface area contributed by atoms with Crippen LogP contribution in [-0.2, 0) is 42.4 Å². The second kappa shape index (κ2) is 28.4. The van der Waals surface area contributed by atoms with Gasteiger partial charge < -0.3 is 28.6 Å². The molecule has 1 unspecified atom stereocenters. The van der Waals surface area contributed by atoms with E-state index in [0.717, 1.165) is 126 Å². The highest BCUT2D eigenvalue weighted by molar-refractivity contribution is 6.76. The third-order valence-electron chi connectivity index (χ3n) is 15.8. The van der Waals surface area contributed by atoms with Crippen LogP contribution in [0, 0.1) is 0 Å². The Morgan fingerprint density at radius 3 is 2.00 bits per heavy atom. The fraction of sp³-hybridized carbons (Fsp3) is 0.571. The number of piperazine rings is 1. The number of benzene rings is 3. The minimum atomic E-state index is -1.37. The number of nitrogens with zero attached hydrogens (tertiary/aromatic N) is 9. The molecule has 3 aromatic heterocycles. The smallest absolute Gasteiger partial charge is 0.199 e. The number of imidazole rings is 1. The average Bonchev–Trinajstić information content (AvgIpc) is 4.32. The Kier molecular flexibility index (Phi) is 21.5. The van der Waals surface area contributed by atoms with Crippen molar-refractivity contribution in [1.82, 2.24) is 39.1 Å². The van der Waals surface area contributed by atoms with Gasteiger partial charge in [0.1, 0.15) is 42.2 Å². The third kappa shape index (κ3) is 16.5. The number of carbonyl (C=O) groups excluding carboxylic acids is 1. The van der Waals surface area contributed by atoms with Gasteiger partial charge in [-0.25, -0.2) is 19.6 Å². The molecule has 3 aromatic carbocycles. The number of anilines is 1. The van der Waals surface area contributed by atoms with Gasteiger partial charge >= 0.3 is 0 Å². The molecular formula is C63H93N9O4Si2. The topological polar surface area (TPSA) is 116 Å². The number of hydrogen-bond acceptors (Lipinski definition) is 11. The predicted octanol–water partition coefficient (Wildman–Crippen LogP) is 14.7. The summed E-state index contributed by atoms with van der Waals surface area (Å²) in [4.78, 5) is 37.0. The van der Waals surface area contributed by atoms with E-state index in [9.17, 15) is 4.79 Å². The van der Waals surface area contributed by atoms with Gasteiger partial charge in [-0.3, -0.25) is 9.69 Å². The van der Waals surface area contributed by atoms with Gasteiger partial charge in [-0.2, -0.15) is 5.10 Å². The molecule has 2 aliphatic heterocycles. The molecule has 2 aliphatic rings. The van der Waals surface area contributed by atoms with Gasteiger partial charge in [0.15, 0.2) is 11.6 Å². The standard InChI is InChI=1S/C63H93N9O4Si2/c1-10-12-13-14-15-16-17-18-19-20-21-25-28-57(62(73)55-43-65-60(44-64-55)69-35-33-68(3)34-36-69)70-45-56-59(46-70)71(47-74-37-39-77(4,5)6)63(66-56)61-54-31-29-50(42-58(54)72(67-61)48-75-38-40-78(7,8)9)53-32-30-52(41-49(53)11-2)76-51-26-23-22-24-27-51/h22-24,26-27,29-32,41-44,57H,10-21,25,28,33-40,45-48H2,1-9H3. The summed E-state index contributed by atoms with van der Waals surface area (Å²) in [7, 11) is -0.536. The second-order valence-corrected chi connectivity index (χ2v) is 35.9. The Morgan fingerprint density at radius 2 is 1.36 bits per heavy atom. The summed E-state index contributed by atoms with van der Waals surface area (Å²) in [6.45, 7) is 25.7. The molecule has 1 saturated heterocycles. The van der Waals surface area contributed by atoms with Crippen LogP contribution in [0.15, 0.2) is 79.1 Å². The van der Waals surface area contributed by atoms with Gasteiger partial charge in [0, 0.05) is 74.0 Å². The Bertz CT molecular complexity index is 2810. The zero-order chi connectivity index (χ0) is 55.1. The van der Waals surface area contributed by atoms with E-state index in [-0.39, 0.29) is 11.8 Å². The number of ether oxygens (including phenoxy) is 3. The number of unbranched alkanes of at least 4 members (excludes halogenated alkanes) is 11. The lowest BCUT2D eigenvalue weighted by Crippen LogP contribution is -2.45. The van der Waals surface area contributed by atoms with Crippen LogP contribution in [0.25, 0.3) is 33.5 Å². The summed E-state index contributed by atoms with van der Waals surface area (Å²) < 4.78 is 23.6. The summed E-state index contributed by atoms with van der Waals surface area (Å²) in [5.74, 6) is 3.30. The fourth-order valence-electron chi connectivity index (χ4n) is 10.8. The van der Waals surface area contributed by atoms with Crippen LogP contribution in [0.4, 0.5) is 5.82 Å². The molecule has 0 spiro atoms. The Morgan fingerprint density at radius 1 is 0.692 bits per heavy atom. The lowest BCUT2D eigenvalue weighted by Gasteiger charge is -2.33. The van der Waals surface area contributed by atoms with Crippen molar-refractivity contribution in [2.24, 2.45) is 0 Å². The van der Waals surface area contributed by atoms with Gasteiger partial charge in [-0.15, -0.1) is 0 Å². The minimum absolute atomic E-state index is 0.0399. The summed E-state index contributed by atoms with van der Waals surface area (Å²) in [5.41, 5.74) is 7.77. The Hall–Kier alpha value is -5.04. The molecular weight excluding hydrogens is 1000 g/mol. The molecule has 0 N–H and O–H groups in total. The molecule has 0 bridgehead atoms. The number of aromatic nitrogens is 6. The summed E-state index contributed by atoms with van der Waals surface area (Å²) >= 11 is 0. The molecule has 13 nitrogen and oxygen atoms in total. The van der Waals surface area contributed by atoms with Crippen molar-refractivity contribution in [2.75, 3.05) is 51.3 Å². The fourth-order valence-corrected chi connectivity index (χ4v) is 12.3. The maximum atomic E-state index is 14.9. The normalized spacial score (nSPS) is 14.9. The average molecular weight is 1100 g/mol. The Balaban J connectivity index is 1.08. The molecule has 1 fully saturated rings. The molecule has 78 heavy (non-hydrogen) atoms. The second-order valence-electron chi connectivity index (χ2n) is 24.6. The molecule has 0 radical (unpaired) electrons. The molecule has 15 heteroatoms. The summed E-state index contributed by atoms with van der Waals surface area (Å²) in [6.07, 6.45) is 20.4. The zero-order valence-corrected chi connectivity index (χ0v) is 51.1. The van der Waals surface area contributed by atoms with Crippen LogP contribution in [0.3, 0.4) is 0 Å². The number of carbonyl (C=O) groups is 1. The van der Waals surface area contributed by atoms with E-state index in [4.69, 9.17) is 34.3 Å². The first-order valence-electron chi connectivity index (χ1n) is 29.8.